The van der Waals surface area contributed by atoms with Gasteiger partial charge in [0.25, 0.3) is 11.8 Å². The van der Waals surface area contributed by atoms with Gasteiger partial charge in [-0.15, -0.1) is 0 Å². The molecule has 41 heavy (non-hydrogen) atoms. The third-order valence-corrected chi connectivity index (χ3v) is 6.51. The second-order valence-electron chi connectivity index (χ2n) is 9.19. The smallest absolute Gasteiger partial charge is 0.437 e. The molecule has 1 fully saturated rings. The number of fused-ring (bicyclic) bond motifs is 1. The normalized spacial score (nSPS) is 14.0. The van der Waals surface area contributed by atoms with Crippen LogP contribution in [0.25, 0.3) is 16.9 Å². The topological polar surface area (TPSA) is 136 Å². The highest BCUT2D eigenvalue weighted by molar-refractivity contribution is 5.96. The zero-order valence-electron chi connectivity index (χ0n) is 21.8. The van der Waals surface area contributed by atoms with Crippen molar-refractivity contribution in [1.29, 1.82) is 0 Å². The third kappa shape index (κ3) is 5.79. The summed E-state index contributed by atoms with van der Waals surface area (Å²) in [4.78, 5) is 36.8. The van der Waals surface area contributed by atoms with E-state index in [1.807, 2.05) is 0 Å². The molecule has 3 aromatic heterocycles. The zero-order chi connectivity index (χ0) is 29.1. The monoisotopic (exact) mass is 574 g/mol. The van der Waals surface area contributed by atoms with E-state index in [0.29, 0.717) is 49.5 Å². The Kier molecular flexibility index (Phi) is 7.79. The van der Waals surface area contributed by atoms with Crippen molar-refractivity contribution in [3.05, 3.63) is 59.9 Å². The fourth-order valence-corrected chi connectivity index (χ4v) is 4.42. The zero-order valence-corrected chi connectivity index (χ0v) is 21.8. The quantitative estimate of drug-likeness (QED) is 0.327. The number of hydrogen-bond donors (Lipinski definition) is 1. The van der Waals surface area contributed by atoms with Crippen molar-refractivity contribution in [2.45, 2.75) is 19.5 Å². The van der Waals surface area contributed by atoms with Gasteiger partial charge >= 0.3 is 12.3 Å². The predicted molar refractivity (Wildman–Crippen MR) is 135 cm³/mol. The van der Waals surface area contributed by atoms with Gasteiger partial charge in [0.05, 0.1) is 24.1 Å². The van der Waals surface area contributed by atoms with E-state index in [9.17, 15) is 22.8 Å². The van der Waals surface area contributed by atoms with Crippen LogP contribution in [-0.4, -0.2) is 85.8 Å². The Morgan fingerprint density at radius 3 is 2.59 bits per heavy atom. The number of rotatable bonds is 7. The summed E-state index contributed by atoms with van der Waals surface area (Å²) < 4.78 is 57.0. The summed E-state index contributed by atoms with van der Waals surface area (Å²) in [6, 6.07) is 4.86. The van der Waals surface area contributed by atoms with Crippen LogP contribution in [0.3, 0.4) is 0 Å². The molecule has 0 bridgehead atoms. The molecule has 5 rings (SSSR count). The van der Waals surface area contributed by atoms with Crippen molar-refractivity contribution in [2.24, 2.45) is 0 Å². The molecule has 2 amide bonds. The highest BCUT2D eigenvalue weighted by Crippen LogP contribution is 2.37. The Morgan fingerprint density at radius 2 is 1.88 bits per heavy atom. The number of ether oxygens (including phenoxy) is 2. The number of alkyl halides is 3. The van der Waals surface area contributed by atoms with Crippen molar-refractivity contribution in [2.75, 3.05) is 39.4 Å². The Labute approximate surface area is 230 Å². The Hall–Kier alpha value is -4.66. The van der Waals surface area contributed by atoms with Gasteiger partial charge in [0.15, 0.2) is 5.69 Å². The van der Waals surface area contributed by atoms with Crippen LogP contribution in [0.4, 0.5) is 18.0 Å². The summed E-state index contributed by atoms with van der Waals surface area (Å²) in [5.41, 5.74) is -0.0978. The number of nitrogens with zero attached hydrogens (tertiary/aromatic N) is 6. The predicted octanol–water partition coefficient (Wildman–Crippen LogP) is 3.78. The highest BCUT2D eigenvalue weighted by Gasteiger charge is 2.38. The van der Waals surface area contributed by atoms with Crippen LogP contribution in [-0.2, 0) is 10.9 Å². The fourth-order valence-electron chi connectivity index (χ4n) is 4.42. The number of aromatic nitrogens is 4. The number of benzene rings is 1. The van der Waals surface area contributed by atoms with Gasteiger partial charge < -0.3 is 28.9 Å². The SMILES string of the molecule is Cc1cc(Oc2nccn3c(-c4conc4C(F)(F)F)cnc23)ccc1C(=O)N1CCN(C(=O)OCCCO)CC1. The van der Waals surface area contributed by atoms with Crippen molar-refractivity contribution < 1.29 is 41.9 Å². The first-order valence-electron chi connectivity index (χ1n) is 12.6. The van der Waals surface area contributed by atoms with Crippen molar-refractivity contribution in [3.63, 3.8) is 0 Å². The number of halogens is 3. The number of piperazine rings is 1. The van der Waals surface area contributed by atoms with E-state index < -0.39 is 18.0 Å². The first-order valence-corrected chi connectivity index (χ1v) is 12.6. The molecule has 4 aromatic rings. The molecule has 0 unspecified atom stereocenters. The van der Waals surface area contributed by atoms with Gasteiger partial charge in [-0.25, -0.2) is 14.8 Å². The van der Waals surface area contributed by atoms with E-state index in [-0.39, 0.29) is 41.9 Å². The lowest BCUT2D eigenvalue weighted by Crippen LogP contribution is -2.50. The molecule has 4 heterocycles. The van der Waals surface area contributed by atoms with Crippen molar-refractivity contribution >= 4 is 17.6 Å². The molecule has 12 nitrogen and oxygen atoms in total. The lowest BCUT2D eigenvalue weighted by atomic mass is 10.1. The van der Waals surface area contributed by atoms with Crippen LogP contribution in [0.2, 0.25) is 0 Å². The van der Waals surface area contributed by atoms with Crippen LogP contribution in [0.15, 0.2) is 47.6 Å². The number of aliphatic hydroxyl groups is 1. The average molecular weight is 575 g/mol. The molecular weight excluding hydrogens is 549 g/mol. The van der Waals surface area contributed by atoms with E-state index in [0.717, 1.165) is 6.26 Å². The van der Waals surface area contributed by atoms with Gasteiger partial charge in [0.2, 0.25) is 5.65 Å². The standard InChI is InChI=1S/C26H25F3N6O6/c1-16-13-17(3-4-18(16)24(37)33-7-9-34(10-8-33)25(38)39-12-2-11-36)41-23-22-31-14-20(35(22)6-5-30-23)19-15-40-32-21(19)26(27,28)29/h3-6,13-15,36H,2,7-12H2,1H3. The molecule has 216 valence electrons. The van der Waals surface area contributed by atoms with Crippen molar-refractivity contribution in [1.82, 2.24) is 29.3 Å². The number of aryl methyl sites for hydroxylation is 1. The highest BCUT2D eigenvalue weighted by atomic mass is 19.4. The molecular formula is C26H25F3N6O6. The van der Waals surface area contributed by atoms with E-state index in [2.05, 4.69) is 19.6 Å². The van der Waals surface area contributed by atoms with Crippen LogP contribution in [0.1, 0.15) is 28.0 Å². The maximum atomic E-state index is 13.3. The first-order chi connectivity index (χ1) is 19.7. The summed E-state index contributed by atoms with van der Waals surface area (Å²) in [6.07, 6.45) is 0.127. The molecule has 0 saturated carbocycles. The molecule has 1 N–H and O–H groups in total. The van der Waals surface area contributed by atoms with E-state index in [1.165, 1.54) is 27.9 Å². The van der Waals surface area contributed by atoms with E-state index in [1.54, 1.807) is 30.0 Å². The summed E-state index contributed by atoms with van der Waals surface area (Å²) >= 11 is 0. The minimum Gasteiger partial charge on any atom is -0.449 e. The second kappa shape index (κ2) is 11.4. The maximum absolute atomic E-state index is 13.3. The van der Waals surface area contributed by atoms with Gasteiger partial charge in [-0.05, 0) is 30.7 Å². The molecule has 1 saturated heterocycles. The number of imidazole rings is 1. The second-order valence-corrected chi connectivity index (χ2v) is 9.19. The molecule has 0 radical (unpaired) electrons. The minimum absolute atomic E-state index is 0.0456. The molecule has 1 aliphatic heterocycles. The molecule has 15 heteroatoms. The van der Waals surface area contributed by atoms with Gasteiger partial charge in [0.1, 0.15) is 12.0 Å². The van der Waals surface area contributed by atoms with Gasteiger partial charge in [0, 0.05) is 57.2 Å². The number of amides is 2. The largest absolute Gasteiger partial charge is 0.449 e. The Bertz CT molecular complexity index is 1560. The summed E-state index contributed by atoms with van der Waals surface area (Å²) in [5, 5.41) is 11.9. The number of carbonyl (C=O) groups is 2. The lowest BCUT2D eigenvalue weighted by molar-refractivity contribution is -0.142. The first kappa shape index (κ1) is 27.9. The van der Waals surface area contributed by atoms with E-state index >= 15 is 0 Å². The van der Waals surface area contributed by atoms with Crippen LogP contribution in [0.5, 0.6) is 11.6 Å². The van der Waals surface area contributed by atoms with Gasteiger partial charge in [-0.1, -0.05) is 5.16 Å². The Morgan fingerprint density at radius 1 is 1.12 bits per heavy atom. The van der Waals surface area contributed by atoms with Crippen LogP contribution in [0, 0.1) is 6.92 Å². The third-order valence-electron chi connectivity index (χ3n) is 6.51. The molecule has 0 aliphatic carbocycles. The lowest BCUT2D eigenvalue weighted by Gasteiger charge is -2.34. The number of carbonyl (C=O) groups excluding carboxylic acids is 2. The molecule has 0 atom stereocenters. The molecule has 0 spiro atoms. The minimum atomic E-state index is -4.71. The number of aliphatic hydroxyl groups excluding tert-OH is 1. The van der Waals surface area contributed by atoms with Gasteiger partial charge in [-0.3, -0.25) is 9.20 Å². The summed E-state index contributed by atoms with van der Waals surface area (Å²) in [7, 11) is 0. The van der Waals surface area contributed by atoms with Gasteiger partial charge in [-0.2, -0.15) is 13.2 Å². The summed E-state index contributed by atoms with van der Waals surface area (Å²) in [5.74, 6) is 0.194. The maximum Gasteiger partial charge on any atom is 0.437 e. The summed E-state index contributed by atoms with van der Waals surface area (Å²) in [6.45, 7) is 3.14. The average Bonchev–Trinajstić information content (AvgIpc) is 3.61. The van der Waals surface area contributed by atoms with Crippen LogP contribution < -0.4 is 4.74 Å². The number of hydrogen-bond acceptors (Lipinski definition) is 9. The molecule has 1 aliphatic rings. The Balaban J connectivity index is 1.28. The molecule has 1 aromatic carbocycles. The van der Waals surface area contributed by atoms with Crippen molar-refractivity contribution in [3.8, 4) is 22.9 Å². The fraction of sp³-hybridized carbons (Fsp3) is 0.346. The van der Waals surface area contributed by atoms with Crippen LogP contribution >= 0.6 is 0 Å². The van der Waals surface area contributed by atoms with E-state index in [4.69, 9.17) is 14.6 Å².